The number of alkyl halides is 1. The van der Waals surface area contributed by atoms with Crippen LogP contribution in [0.15, 0.2) is 22.6 Å². The van der Waals surface area contributed by atoms with Gasteiger partial charge < -0.3 is 14.5 Å². The van der Waals surface area contributed by atoms with Gasteiger partial charge in [0.15, 0.2) is 0 Å². The van der Waals surface area contributed by atoms with E-state index in [9.17, 15) is 0 Å². The van der Waals surface area contributed by atoms with Crippen LogP contribution in [0.5, 0.6) is 5.75 Å². The van der Waals surface area contributed by atoms with Gasteiger partial charge in [-0.25, -0.2) is 0 Å². The van der Waals surface area contributed by atoms with Gasteiger partial charge in [0.05, 0.1) is 7.11 Å². The molecule has 0 aliphatic heterocycles. The molecule has 0 saturated carbocycles. The van der Waals surface area contributed by atoms with E-state index in [1.165, 1.54) is 0 Å². The topological polar surface area (TPSA) is 60.2 Å². The summed E-state index contributed by atoms with van der Waals surface area (Å²) in [7, 11) is 1.63. The van der Waals surface area contributed by atoms with Gasteiger partial charge in [0.25, 0.3) is 0 Å². The maximum Gasteiger partial charge on any atom is 0.320 e. The second kappa shape index (κ2) is 5.27. The van der Waals surface area contributed by atoms with E-state index in [4.69, 9.17) is 20.8 Å². The molecule has 96 valence electrons. The summed E-state index contributed by atoms with van der Waals surface area (Å²) in [6, 6.07) is 5.99. The van der Waals surface area contributed by atoms with Gasteiger partial charge >= 0.3 is 6.01 Å². The van der Waals surface area contributed by atoms with Crippen molar-refractivity contribution in [1.29, 1.82) is 0 Å². The van der Waals surface area contributed by atoms with Crippen LogP contribution in [0.25, 0.3) is 0 Å². The van der Waals surface area contributed by atoms with Crippen LogP contribution in [0, 0.1) is 6.92 Å². The summed E-state index contributed by atoms with van der Waals surface area (Å²) in [6.45, 7) is 3.74. The summed E-state index contributed by atoms with van der Waals surface area (Å²) in [5.41, 5.74) is 1.90. The molecule has 0 bridgehead atoms. The summed E-state index contributed by atoms with van der Waals surface area (Å²) < 4.78 is 10.5. The summed E-state index contributed by atoms with van der Waals surface area (Å²) in [5, 5.41) is 10.5. The van der Waals surface area contributed by atoms with Crippen LogP contribution in [0.3, 0.4) is 0 Å². The van der Waals surface area contributed by atoms with Crippen LogP contribution in [-0.2, 0) is 0 Å². The third-order valence-corrected chi connectivity index (χ3v) is 2.64. The molecule has 0 saturated heterocycles. The number of hydrogen-bond donors (Lipinski definition) is 1. The zero-order valence-electron chi connectivity index (χ0n) is 10.4. The fourth-order valence-corrected chi connectivity index (χ4v) is 1.55. The average Bonchev–Trinajstić information content (AvgIpc) is 2.80. The molecule has 0 amide bonds. The van der Waals surface area contributed by atoms with Crippen molar-refractivity contribution in [1.82, 2.24) is 10.2 Å². The number of halogens is 1. The molecule has 0 aliphatic carbocycles. The van der Waals surface area contributed by atoms with Crippen LogP contribution >= 0.6 is 11.6 Å². The van der Waals surface area contributed by atoms with E-state index in [0.29, 0.717) is 11.9 Å². The minimum atomic E-state index is -0.301. The predicted octanol–water partition coefficient (Wildman–Crippen LogP) is 3.43. The lowest BCUT2D eigenvalue weighted by Gasteiger charge is -2.07. The molecular formula is C12H14ClN3O2. The normalized spacial score (nSPS) is 12.2. The number of aromatic nitrogens is 2. The second-order valence-corrected chi connectivity index (χ2v) is 4.52. The molecule has 18 heavy (non-hydrogen) atoms. The van der Waals surface area contributed by atoms with E-state index in [2.05, 4.69) is 15.5 Å². The smallest absolute Gasteiger partial charge is 0.320 e. The monoisotopic (exact) mass is 267 g/mol. The van der Waals surface area contributed by atoms with E-state index in [0.717, 1.165) is 17.0 Å². The number of hydrogen-bond acceptors (Lipinski definition) is 5. The molecule has 6 heteroatoms. The van der Waals surface area contributed by atoms with E-state index >= 15 is 0 Å². The quantitative estimate of drug-likeness (QED) is 0.860. The Morgan fingerprint density at radius 1 is 1.39 bits per heavy atom. The van der Waals surface area contributed by atoms with Crippen molar-refractivity contribution in [3.63, 3.8) is 0 Å². The number of anilines is 2. The Balaban J connectivity index is 2.17. The zero-order valence-corrected chi connectivity index (χ0v) is 11.2. The van der Waals surface area contributed by atoms with Gasteiger partial charge in [-0.3, -0.25) is 0 Å². The Hall–Kier alpha value is -1.75. The van der Waals surface area contributed by atoms with Crippen molar-refractivity contribution in [2.45, 2.75) is 19.2 Å². The van der Waals surface area contributed by atoms with Gasteiger partial charge in [-0.15, -0.1) is 16.7 Å². The lowest BCUT2D eigenvalue weighted by molar-refractivity contribution is 0.414. The van der Waals surface area contributed by atoms with Gasteiger partial charge in [-0.1, -0.05) is 5.10 Å². The number of ether oxygens (including phenoxy) is 1. The zero-order chi connectivity index (χ0) is 13.1. The standard InChI is InChI=1S/C12H14ClN3O2/c1-7-6-9(17-3)4-5-10(7)14-12-16-15-11(18-12)8(2)13/h4-6,8H,1-3H3,(H,14,16). The van der Waals surface area contributed by atoms with Crippen molar-refractivity contribution in [3.05, 3.63) is 29.7 Å². The largest absolute Gasteiger partial charge is 0.497 e. The Labute approximate surface area is 110 Å². The molecule has 1 unspecified atom stereocenters. The maximum atomic E-state index is 5.85. The second-order valence-electron chi connectivity index (χ2n) is 3.87. The van der Waals surface area contributed by atoms with Gasteiger partial charge in [-0.2, -0.15) is 0 Å². The molecular weight excluding hydrogens is 254 g/mol. The molecule has 0 radical (unpaired) electrons. The van der Waals surface area contributed by atoms with Gasteiger partial charge in [0.1, 0.15) is 11.1 Å². The molecule has 5 nitrogen and oxygen atoms in total. The van der Waals surface area contributed by atoms with Gasteiger partial charge in [0.2, 0.25) is 5.89 Å². The SMILES string of the molecule is COc1ccc(Nc2nnc(C(C)Cl)o2)c(C)c1. The lowest BCUT2D eigenvalue weighted by atomic mass is 10.2. The van der Waals surface area contributed by atoms with Crippen LogP contribution in [0.2, 0.25) is 0 Å². The molecule has 1 N–H and O–H groups in total. The van der Waals surface area contributed by atoms with E-state index < -0.39 is 0 Å². The van der Waals surface area contributed by atoms with Crippen LogP contribution in [-0.4, -0.2) is 17.3 Å². The molecule has 2 aromatic rings. The van der Waals surface area contributed by atoms with Crippen molar-refractivity contribution < 1.29 is 9.15 Å². The highest BCUT2D eigenvalue weighted by molar-refractivity contribution is 6.20. The molecule has 0 aliphatic rings. The molecule has 1 aromatic heterocycles. The number of aryl methyl sites for hydroxylation is 1. The summed E-state index contributed by atoms with van der Waals surface area (Å²) in [6.07, 6.45) is 0. The Morgan fingerprint density at radius 3 is 2.72 bits per heavy atom. The Morgan fingerprint density at radius 2 is 2.17 bits per heavy atom. The number of nitrogens with one attached hydrogen (secondary N) is 1. The minimum absolute atomic E-state index is 0.301. The highest BCUT2D eigenvalue weighted by Gasteiger charge is 2.11. The van der Waals surface area contributed by atoms with Crippen LogP contribution in [0.1, 0.15) is 23.8 Å². The van der Waals surface area contributed by atoms with E-state index in [1.807, 2.05) is 25.1 Å². The van der Waals surface area contributed by atoms with Crippen molar-refractivity contribution in [2.75, 3.05) is 12.4 Å². The van der Waals surface area contributed by atoms with Crippen LogP contribution < -0.4 is 10.1 Å². The van der Waals surface area contributed by atoms with Crippen molar-refractivity contribution in [2.24, 2.45) is 0 Å². The summed E-state index contributed by atoms with van der Waals surface area (Å²) in [4.78, 5) is 0. The molecule has 0 spiro atoms. The highest BCUT2D eigenvalue weighted by Crippen LogP contribution is 2.25. The molecule has 2 rings (SSSR count). The van der Waals surface area contributed by atoms with Crippen molar-refractivity contribution in [3.8, 4) is 5.75 Å². The van der Waals surface area contributed by atoms with Crippen molar-refractivity contribution >= 4 is 23.3 Å². The number of nitrogens with zero attached hydrogens (tertiary/aromatic N) is 2. The fraction of sp³-hybridized carbons (Fsp3) is 0.333. The van der Waals surface area contributed by atoms with E-state index in [1.54, 1.807) is 14.0 Å². The number of rotatable bonds is 4. The first-order valence-electron chi connectivity index (χ1n) is 5.49. The Kier molecular flexibility index (Phi) is 3.72. The first kappa shape index (κ1) is 12.7. The van der Waals surface area contributed by atoms with Gasteiger partial charge in [0, 0.05) is 5.69 Å². The number of benzene rings is 1. The maximum absolute atomic E-state index is 5.85. The number of methoxy groups -OCH3 is 1. The average molecular weight is 268 g/mol. The summed E-state index contributed by atoms with van der Waals surface area (Å²) >= 11 is 5.85. The van der Waals surface area contributed by atoms with E-state index in [-0.39, 0.29) is 5.38 Å². The fourth-order valence-electron chi connectivity index (χ4n) is 1.46. The predicted molar refractivity (Wildman–Crippen MR) is 69.6 cm³/mol. The first-order valence-corrected chi connectivity index (χ1v) is 5.93. The van der Waals surface area contributed by atoms with Gasteiger partial charge in [-0.05, 0) is 37.6 Å². The lowest BCUT2D eigenvalue weighted by Crippen LogP contribution is -1.94. The summed E-state index contributed by atoms with van der Waals surface area (Å²) in [5.74, 6) is 1.20. The highest BCUT2D eigenvalue weighted by atomic mass is 35.5. The Bertz CT molecular complexity index is 540. The van der Waals surface area contributed by atoms with Crippen LogP contribution in [0.4, 0.5) is 11.7 Å². The third kappa shape index (κ3) is 2.73. The first-order chi connectivity index (χ1) is 8.60. The third-order valence-electron chi connectivity index (χ3n) is 2.46. The molecule has 1 atom stereocenters. The molecule has 0 fully saturated rings. The molecule has 1 heterocycles. The minimum Gasteiger partial charge on any atom is -0.497 e. The molecule has 1 aromatic carbocycles.